The molecule has 5 heteroatoms. The number of aliphatic hydroxyl groups excluding tert-OH is 1. The second-order valence-electron chi connectivity index (χ2n) is 5.46. The fourth-order valence-corrected chi connectivity index (χ4v) is 2.19. The Bertz CT molecular complexity index is 573. The summed E-state index contributed by atoms with van der Waals surface area (Å²) in [5.74, 6) is 0.774. The highest BCUT2D eigenvalue weighted by Crippen LogP contribution is 2.16. The molecule has 2 aromatic carbocycles. The van der Waals surface area contributed by atoms with E-state index >= 15 is 0 Å². The van der Waals surface area contributed by atoms with Crippen molar-refractivity contribution in [1.82, 2.24) is 5.32 Å². The van der Waals surface area contributed by atoms with Gasteiger partial charge in [0.2, 0.25) is 0 Å². The van der Waals surface area contributed by atoms with Crippen LogP contribution in [0, 0.1) is 6.92 Å². The molecule has 0 heterocycles. The van der Waals surface area contributed by atoms with Crippen LogP contribution in [-0.4, -0.2) is 24.4 Å². The van der Waals surface area contributed by atoms with Crippen molar-refractivity contribution in [3.05, 3.63) is 64.7 Å². The van der Waals surface area contributed by atoms with Crippen LogP contribution in [0.2, 0.25) is 5.02 Å². The molecule has 2 aromatic rings. The Kier molecular flexibility index (Phi) is 8.42. The average molecular weight is 356 g/mol. The smallest absolute Gasteiger partial charge is 0.119 e. The van der Waals surface area contributed by atoms with Gasteiger partial charge in [0, 0.05) is 17.6 Å². The molecular formula is C18H23Cl2NO2. The monoisotopic (exact) mass is 355 g/mol. The van der Waals surface area contributed by atoms with E-state index in [9.17, 15) is 5.11 Å². The predicted octanol–water partition coefficient (Wildman–Crippen LogP) is 4.16. The summed E-state index contributed by atoms with van der Waals surface area (Å²) in [6, 6.07) is 15.6. The van der Waals surface area contributed by atoms with Gasteiger partial charge in [0.1, 0.15) is 18.5 Å². The van der Waals surface area contributed by atoms with Gasteiger partial charge in [-0.25, -0.2) is 0 Å². The van der Waals surface area contributed by atoms with Crippen LogP contribution in [0.25, 0.3) is 0 Å². The molecule has 0 bridgehead atoms. The Morgan fingerprint density at radius 3 is 2.30 bits per heavy atom. The molecule has 0 spiro atoms. The van der Waals surface area contributed by atoms with Crippen molar-refractivity contribution in [1.29, 1.82) is 0 Å². The van der Waals surface area contributed by atoms with Crippen molar-refractivity contribution in [2.75, 3.05) is 13.2 Å². The molecule has 2 unspecified atom stereocenters. The molecule has 0 radical (unpaired) electrons. The van der Waals surface area contributed by atoms with Crippen LogP contribution in [0.1, 0.15) is 24.1 Å². The second-order valence-corrected chi connectivity index (χ2v) is 5.90. The molecule has 0 aromatic heterocycles. The summed E-state index contributed by atoms with van der Waals surface area (Å²) >= 11 is 5.88. The van der Waals surface area contributed by atoms with Crippen molar-refractivity contribution in [3.8, 4) is 5.75 Å². The second kappa shape index (κ2) is 9.78. The quantitative estimate of drug-likeness (QED) is 0.783. The predicted molar refractivity (Wildman–Crippen MR) is 97.8 cm³/mol. The summed E-state index contributed by atoms with van der Waals surface area (Å²) in [6.07, 6.45) is -0.559. The van der Waals surface area contributed by atoms with Crippen LogP contribution in [0.3, 0.4) is 0 Å². The Morgan fingerprint density at radius 1 is 1.09 bits per heavy atom. The Labute approximate surface area is 149 Å². The number of rotatable bonds is 7. The largest absolute Gasteiger partial charge is 0.491 e. The maximum Gasteiger partial charge on any atom is 0.119 e. The molecule has 0 aliphatic rings. The van der Waals surface area contributed by atoms with E-state index in [-0.39, 0.29) is 25.1 Å². The number of hydrogen-bond donors (Lipinski definition) is 2. The van der Waals surface area contributed by atoms with E-state index in [0.29, 0.717) is 6.54 Å². The van der Waals surface area contributed by atoms with Crippen LogP contribution in [0.15, 0.2) is 48.5 Å². The lowest BCUT2D eigenvalue weighted by atomic mass is 10.1. The van der Waals surface area contributed by atoms with Gasteiger partial charge in [0.25, 0.3) is 0 Å². The molecule has 23 heavy (non-hydrogen) atoms. The molecule has 2 N–H and O–H groups in total. The highest BCUT2D eigenvalue weighted by molar-refractivity contribution is 6.30. The van der Waals surface area contributed by atoms with Gasteiger partial charge in [-0.3, -0.25) is 0 Å². The standard InChI is InChI=1S/C18H22ClNO2.ClH/c1-13-3-9-18(10-4-13)22-12-17(21)11-20-14(2)15-5-7-16(19)8-6-15;/h3-10,14,17,20-21H,11-12H2,1-2H3;1H. The lowest BCUT2D eigenvalue weighted by molar-refractivity contribution is 0.104. The first kappa shape index (κ1) is 19.8. The molecule has 0 fully saturated rings. The van der Waals surface area contributed by atoms with Crippen molar-refractivity contribution < 1.29 is 9.84 Å². The van der Waals surface area contributed by atoms with Crippen LogP contribution in [-0.2, 0) is 0 Å². The lowest BCUT2D eigenvalue weighted by Gasteiger charge is -2.18. The van der Waals surface area contributed by atoms with Gasteiger partial charge in [-0.2, -0.15) is 0 Å². The maximum atomic E-state index is 10.00. The van der Waals surface area contributed by atoms with Crippen molar-refractivity contribution in [2.45, 2.75) is 26.0 Å². The molecule has 0 aliphatic carbocycles. The molecule has 2 atom stereocenters. The summed E-state index contributed by atoms with van der Waals surface area (Å²) in [7, 11) is 0. The minimum Gasteiger partial charge on any atom is -0.491 e. The summed E-state index contributed by atoms with van der Waals surface area (Å²) in [5.41, 5.74) is 2.32. The topological polar surface area (TPSA) is 41.5 Å². The molecule has 3 nitrogen and oxygen atoms in total. The Hall–Kier alpha value is -1.26. The third kappa shape index (κ3) is 6.80. The highest BCUT2D eigenvalue weighted by Gasteiger charge is 2.09. The van der Waals surface area contributed by atoms with E-state index in [1.165, 1.54) is 5.56 Å². The summed E-state index contributed by atoms with van der Waals surface area (Å²) in [5, 5.41) is 14.0. The summed E-state index contributed by atoms with van der Waals surface area (Å²) < 4.78 is 5.57. The van der Waals surface area contributed by atoms with Gasteiger partial charge in [-0.1, -0.05) is 41.4 Å². The van der Waals surface area contributed by atoms with Gasteiger partial charge in [-0.05, 0) is 43.7 Å². The molecular weight excluding hydrogens is 333 g/mol. The van der Waals surface area contributed by atoms with E-state index in [2.05, 4.69) is 12.2 Å². The lowest BCUT2D eigenvalue weighted by Crippen LogP contribution is -2.33. The van der Waals surface area contributed by atoms with Crippen molar-refractivity contribution >= 4 is 24.0 Å². The zero-order valence-corrected chi connectivity index (χ0v) is 14.9. The van der Waals surface area contributed by atoms with Gasteiger partial charge >= 0.3 is 0 Å². The highest BCUT2D eigenvalue weighted by atomic mass is 35.5. The number of nitrogens with one attached hydrogen (secondary N) is 1. The number of hydrogen-bond acceptors (Lipinski definition) is 3. The molecule has 126 valence electrons. The Balaban J connectivity index is 0.00000264. The molecule has 0 amide bonds. The summed E-state index contributed by atoms with van der Waals surface area (Å²) in [6.45, 7) is 4.82. The van der Waals surface area contributed by atoms with Gasteiger partial charge in [0.15, 0.2) is 0 Å². The molecule has 0 saturated carbocycles. The zero-order valence-electron chi connectivity index (χ0n) is 13.3. The number of aliphatic hydroxyl groups is 1. The van der Waals surface area contributed by atoms with Crippen LogP contribution >= 0.6 is 24.0 Å². The van der Waals surface area contributed by atoms with E-state index in [1.54, 1.807) is 0 Å². The number of benzene rings is 2. The summed E-state index contributed by atoms with van der Waals surface area (Å²) in [4.78, 5) is 0. The number of halogens is 2. The zero-order chi connectivity index (χ0) is 15.9. The fraction of sp³-hybridized carbons (Fsp3) is 0.333. The van der Waals surface area contributed by atoms with Gasteiger partial charge in [-0.15, -0.1) is 12.4 Å². The third-order valence-corrected chi connectivity index (χ3v) is 3.75. The molecule has 2 rings (SSSR count). The van der Waals surface area contributed by atoms with Crippen LogP contribution < -0.4 is 10.1 Å². The van der Waals surface area contributed by atoms with Crippen molar-refractivity contribution in [3.63, 3.8) is 0 Å². The molecule has 0 aliphatic heterocycles. The first-order chi connectivity index (χ1) is 10.5. The normalized spacial score (nSPS) is 13.0. The molecule has 0 saturated heterocycles. The fourth-order valence-electron chi connectivity index (χ4n) is 2.07. The average Bonchev–Trinajstić information content (AvgIpc) is 2.52. The van der Waals surface area contributed by atoms with Crippen molar-refractivity contribution in [2.24, 2.45) is 0 Å². The van der Waals surface area contributed by atoms with Gasteiger partial charge in [0.05, 0.1) is 0 Å². The minimum absolute atomic E-state index is 0. The Morgan fingerprint density at radius 2 is 1.70 bits per heavy atom. The van der Waals surface area contributed by atoms with E-state index < -0.39 is 6.10 Å². The SMILES string of the molecule is Cc1ccc(OCC(O)CNC(C)c2ccc(Cl)cc2)cc1.Cl. The van der Waals surface area contributed by atoms with Crippen LogP contribution in [0.4, 0.5) is 0 Å². The van der Waals surface area contributed by atoms with Crippen LogP contribution in [0.5, 0.6) is 5.75 Å². The number of aryl methyl sites for hydroxylation is 1. The maximum absolute atomic E-state index is 10.00. The first-order valence-electron chi connectivity index (χ1n) is 7.41. The first-order valence-corrected chi connectivity index (χ1v) is 7.79. The van der Waals surface area contributed by atoms with E-state index in [4.69, 9.17) is 16.3 Å². The number of ether oxygens (including phenoxy) is 1. The van der Waals surface area contributed by atoms with Gasteiger partial charge < -0.3 is 15.2 Å². The van der Waals surface area contributed by atoms with E-state index in [1.807, 2.05) is 55.5 Å². The van der Waals surface area contributed by atoms with E-state index in [0.717, 1.165) is 16.3 Å². The minimum atomic E-state index is -0.559. The third-order valence-electron chi connectivity index (χ3n) is 3.49.